The number of hydrogen-bond donors (Lipinski definition) is 0. The lowest BCUT2D eigenvalue weighted by Crippen LogP contribution is -2.81. The van der Waals surface area contributed by atoms with Gasteiger partial charge in [0.2, 0.25) is 5.78 Å². The lowest BCUT2D eigenvalue weighted by atomic mass is 9.12. The van der Waals surface area contributed by atoms with E-state index in [-0.39, 0.29) is 10.9 Å². The van der Waals surface area contributed by atoms with Crippen molar-refractivity contribution in [1.82, 2.24) is 0 Å². The van der Waals surface area contributed by atoms with E-state index in [0.29, 0.717) is 5.78 Å². The van der Waals surface area contributed by atoms with E-state index in [0.717, 1.165) is 11.3 Å². The van der Waals surface area contributed by atoms with Crippen LogP contribution in [0.1, 0.15) is 230 Å². The molecule has 0 atom stereocenters. The molecule has 0 spiro atoms. The van der Waals surface area contributed by atoms with Gasteiger partial charge in [0.15, 0.2) is 75.6 Å². The van der Waals surface area contributed by atoms with Gasteiger partial charge in [-0.2, -0.15) is 0 Å². The van der Waals surface area contributed by atoms with Gasteiger partial charge in [0.25, 0.3) is 0 Å². The van der Waals surface area contributed by atoms with Crippen molar-refractivity contribution in [2.75, 3.05) is 17.3 Å². The molecule has 0 N–H and O–H groups in total. The average molecular weight is 1340 g/mol. The molecule has 91 heavy (non-hydrogen) atoms. The van der Waals surface area contributed by atoms with Gasteiger partial charge in [0.05, 0.1) is 0 Å². The highest BCUT2D eigenvalue weighted by molar-refractivity contribution is 7.97. The zero-order valence-electron chi connectivity index (χ0n) is 51.6. The first kappa shape index (κ1) is 78.2. The van der Waals surface area contributed by atoms with E-state index >= 15 is 35.1 Å². The number of unbranched alkanes of at least 4 members (excludes halogenated alkanes) is 30. The van der Waals surface area contributed by atoms with Crippen LogP contribution in [0.15, 0.2) is 30.3 Å². The first-order valence-corrected chi connectivity index (χ1v) is 33.7. The van der Waals surface area contributed by atoms with Crippen LogP contribution in [0.25, 0.3) is 0 Å². The van der Waals surface area contributed by atoms with Crippen molar-refractivity contribution in [3.8, 4) is 0 Å². The number of benzene rings is 5. The second kappa shape index (κ2) is 40.1. The Balaban J connectivity index is 0.000000388. The number of ketones is 1. The van der Waals surface area contributed by atoms with E-state index < -0.39 is 144 Å². The summed E-state index contributed by atoms with van der Waals surface area (Å²) >= 11 is 0. The molecule has 0 heterocycles. The SMILES string of the molecule is CCCCCCCCCCCCCCCCCC[S+](CCCCCCCCCCCCCCCCCC)CC(=O)c1ccccc1.Fc1c(F)c(F)c([B-](c2c(F)c(F)c(F)c(F)c2F)(c2c(F)c(F)c(F)c(F)c2F)c2c(F)c(F)c(F)c(F)c2F)c(F)c1F. The van der Waals surface area contributed by atoms with E-state index in [1.165, 1.54) is 217 Å². The molecule has 5 aromatic carbocycles. The van der Waals surface area contributed by atoms with Crippen LogP contribution < -0.4 is 21.9 Å². The Morgan fingerprint density at radius 1 is 0.264 bits per heavy atom. The van der Waals surface area contributed by atoms with Gasteiger partial charge < -0.3 is 0 Å². The highest BCUT2D eigenvalue weighted by atomic mass is 32.2. The fourth-order valence-corrected chi connectivity index (χ4v) is 14.0. The lowest BCUT2D eigenvalue weighted by Gasteiger charge is -2.44. The molecule has 0 amide bonds. The Labute approximate surface area is 524 Å². The van der Waals surface area contributed by atoms with E-state index in [1.807, 2.05) is 30.3 Å². The number of Topliss-reactive ketones (excluding diaryl/α,β-unsaturated/α-hetero) is 1. The minimum Gasteiger partial charge on any atom is -0.289 e. The molecule has 0 aliphatic heterocycles. The quantitative estimate of drug-likeness (QED) is 0.00725. The topological polar surface area (TPSA) is 17.1 Å². The summed E-state index contributed by atoms with van der Waals surface area (Å²) < 4.78 is 294. The summed E-state index contributed by atoms with van der Waals surface area (Å²) in [5.41, 5.74) is -13.4. The van der Waals surface area contributed by atoms with Crippen LogP contribution in [0.5, 0.6) is 0 Å². The third-order valence-corrected chi connectivity index (χ3v) is 19.1. The molecule has 0 radical (unpaired) electrons. The van der Waals surface area contributed by atoms with Gasteiger partial charge in [-0.1, -0.05) is 224 Å². The van der Waals surface area contributed by atoms with Gasteiger partial charge >= 0.3 is 0 Å². The molecule has 5 rings (SSSR count). The molecule has 0 bridgehead atoms. The summed E-state index contributed by atoms with van der Waals surface area (Å²) in [6.45, 7) is 4.60. The molecular formula is C68H81BF20OS. The average Bonchev–Trinajstić information content (AvgIpc) is 0.685. The van der Waals surface area contributed by atoms with Crippen LogP contribution in [0.3, 0.4) is 0 Å². The van der Waals surface area contributed by atoms with E-state index in [4.69, 9.17) is 0 Å². The Morgan fingerprint density at radius 2 is 0.440 bits per heavy atom. The molecule has 0 aliphatic rings. The molecule has 1 nitrogen and oxygen atoms in total. The minimum absolute atomic E-state index is 0.261. The van der Waals surface area contributed by atoms with Crippen LogP contribution in [-0.2, 0) is 10.9 Å². The Hall–Kier alpha value is -5.22. The zero-order chi connectivity index (χ0) is 67.4. The fourth-order valence-electron chi connectivity index (χ4n) is 11.7. The van der Waals surface area contributed by atoms with Gasteiger partial charge in [-0.3, -0.25) is 4.79 Å². The smallest absolute Gasteiger partial charge is 0.211 e. The van der Waals surface area contributed by atoms with Gasteiger partial charge in [-0.25, -0.2) is 87.8 Å². The van der Waals surface area contributed by atoms with E-state index in [1.54, 1.807) is 0 Å². The van der Waals surface area contributed by atoms with Crippen molar-refractivity contribution in [3.05, 3.63) is 152 Å². The maximum absolute atomic E-state index is 15.4. The van der Waals surface area contributed by atoms with E-state index in [2.05, 4.69) is 13.8 Å². The third-order valence-electron chi connectivity index (χ3n) is 16.7. The third kappa shape index (κ3) is 20.9. The molecule has 0 saturated carbocycles. The minimum atomic E-state index is -7.22. The van der Waals surface area contributed by atoms with Gasteiger partial charge in [-0.15, -0.1) is 21.9 Å². The molecular weight excluding hydrogens is 1260 g/mol. The van der Waals surface area contributed by atoms with E-state index in [9.17, 15) is 57.5 Å². The van der Waals surface area contributed by atoms with Crippen molar-refractivity contribution >= 4 is 44.7 Å². The standard InChI is InChI=1S/C44H81OS.C24BF20/c1-3-5-7-9-11-13-15-17-19-21-23-25-27-29-31-36-40-46(42-44(45)43-38-34-33-35-39-43)41-37-32-30-28-26-24-22-20-18-16-14-12-10-8-6-4-2;26-5-1(6(27)14(35)21(42)13(5)34)25(2-7(28)15(36)22(43)16(37)8(2)29,3-9(30)17(38)23(44)18(39)10(3)31)4-11(32)19(40)24(45)20(41)12(4)33/h33-35,38-39H,3-32,36-37,40-42H2,1-2H3;/q+1;-1. The summed E-state index contributed by atoms with van der Waals surface area (Å²) in [7, 11) is 0.261. The molecule has 5 aromatic rings. The first-order valence-electron chi connectivity index (χ1n) is 31.9. The van der Waals surface area contributed by atoms with Crippen molar-refractivity contribution in [2.24, 2.45) is 0 Å². The number of hydrogen-bond acceptors (Lipinski definition) is 1. The Kier molecular flexibility index (Phi) is 34.5. The summed E-state index contributed by atoms with van der Waals surface area (Å²) in [5, 5.41) is 0. The summed E-state index contributed by atoms with van der Waals surface area (Å²) in [4.78, 5) is 13.0. The predicted octanol–water partition coefficient (Wildman–Crippen LogP) is 20.9. The van der Waals surface area contributed by atoms with Crippen LogP contribution in [-0.4, -0.2) is 29.2 Å². The molecule has 0 saturated heterocycles. The summed E-state index contributed by atoms with van der Waals surface area (Å²) in [5.74, 6) is -67.7. The number of carbonyl (C=O) groups excluding carboxylic acids is 1. The van der Waals surface area contributed by atoms with Crippen LogP contribution in [0.2, 0.25) is 0 Å². The van der Waals surface area contributed by atoms with Crippen molar-refractivity contribution in [2.45, 2.75) is 219 Å². The second-order valence-electron chi connectivity index (χ2n) is 23.4. The molecule has 508 valence electrons. The lowest BCUT2D eigenvalue weighted by molar-refractivity contribution is 0.102. The molecule has 0 unspecified atom stereocenters. The van der Waals surface area contributed by atoms with Crippen LogP contribution in [0.4, 0.5) is 87.8 Å². The van der Waals surface area contributed by atoms with Gasteiger partial charge in [0.1, 0.15) is 64.2 Å². The van der Waals surface area contributed by atoms with Crippen molar-refractivity contribution in [3.63, 3.8) is 0 Å². The van der Waals surface area contributed by atoms with Gasteiger partial charge in [0, 0.05) is 5.56 Å². The molecule has 0 fully saturated rings. The number of carbonyl (C=O) groups is 1. The molecule has 23 heteroatoms. The van der Waals surface area contributed by atoms with Crippen molar-refractivity contribution in [1.29, 1.82) is 0 Å². The number of rotatable bonds is 41. The Morgan fingerprint density at radius 3 is 0.637 bits per heavy atom. The fraction of sp³-hybridized carbons (Fsp3) is 0.544. The van der Waals surface area contributed by atoms with Crippen LogP contribution >= 0.6 is 0 Å². The largest absolute Gasteiger partial charge is 0.289 e. The first-order chi connectivity index (χ1) is 43.5. The second-order valence-corrected chi connectivity index (χ2v) is 25.7. The zero-order valence-corrected chi connectivity index (χ0v) is 52.4. The monoisotopic (exact) mass is 1340 g/mol. The summed E-state index contributed by atoms with van der Waals surface area (Å²) in [6.07, 6.45) is 38.3. The highest BCUT2D eigenvalue weighted by Gasteiger charge is 2.52. The van der Waals surface area contributed by atoms with Crippen molar-refractivity contribution < 1.29 is 92.6 Å². The summed E-state index contributed by atoms with van der Waals surface area (Å²) in [6, 6.07) is 10.1. The van der Waals surface area contributed by atoms with Crippen LogP contribution in [0, 0.1) is 116 Å². The molecule has 0 aromatic heterocycles. The maximum atomic E-state index is 15.4. The predicted molar refractivity (Wildman–Crippen MR) is 321 cm³/mol. The Bertz CT molecular complexity index is 2650. The molecule has 0 aliphatic carbocycles. The highest BCUT2D eigenvalue weighted by Crippen LogP contribution is 2.31. The normalized spacial score (nSPS) is 11.8. The van der Waals surface area contributed by atoms with Gasteiger partial charge in [-0.05, 0) is 36.6 Å². The number of halogens is 20. The maximum Gasteiger partial charge on any atom is 0.211 e.